The first-order valence-corrected chi connectivity index (χ1v) is 10.1. The molecule has 1 aromatic heterocycles. The summed E-state index contributed by atoms with van der Waals surface area (Å²) in [6.45, 7) is 9.90. The Hall–Kier alpha value is -1.98. The number of nitrogens with one attached hydrogen (secondary N) is 2. The van der Waals surface area contributed by atoms with E-state index in [1.54, 1.807) is 33.9 Å². The Morgan fingerprint density at radius 3 is 2.31 bits per heavy atom. The van der Waals surface area contributed by atoms with Crippen LogP contribution in [-0.2, 0) is 26.2 Å². The van der Waals surface area contributed by atoms with Gasteiger partial charge in [0.05, 0.1) is 11.3 Å². The summed E-state index contributed by atoms with van der Waals surface area (Å²) < 4.78 is 48.2. The highest BCUT2D eigenvalue weighted by Crippen LogP contribution is 2.35. The van der Waals surface area contributed by atoms with Crippen molar-refractivity contribution in [3.8, 4) is 5.75 Å². The molecule has 0 saturated carbocycles. The van der Waals surface area contributed by atoms with Crippen LogP contribution in [-0.4, -0.2) is 34.9 Å². The predicted octanol–water partition coefficient (Wildman–Crippen LogP) is 4.76. The van der Waals surface area contributed by atoms with Gasteiger partial charge in [0.1, 0.15) is 11.4 Å². The van der Waals surface area contributed by atoms with Crippen molar-refractivity contribution in [1.29, 1.82) is 0 Å². The fourth-order valence-corrected chi connectivity index (χ4v) is 3.28. The lowest BCUT2D eigenvalue weighted by molar-refractivity contribution is -0.138. The zero-order valence-corrected chi connectivity index (χ0v) is 22.0. The van der Waals surface area contributed by atoms with E-state index in [-0.39, 0.29) is 41.8 Å². The monoisotopic (exact) mass is 567 g/mol. The van der Waals surface area contributed by atoms with Gasteiger partial charge in [0.15, 0.2) is 5.96 Å². The number of aromatic nitrogens is 2. The van der Waals surface area contributed by atoms with Crippen LogP contribution in [0.4, 0.5) is 13.2 Å². The van der Waals surface area contributed by atoms with Crippen molar-refractivity contribution in [2.24, 2.45) is 12.0 Å². The minimum Gasteiger partial charge on any atom is -0.488 e. The van der Waals surface area contributed by atoms with Crippen LogP contribution in [0.2, 0.25) is 0 Å². The summed E-state index contributed by atoms with van der Waals surface area (Å²) in [5, 5.41) is 10.5. The average Bonchev–Trinajstić information content (AvgIpc) is 2.89. The Morgan fingerprint density at radius 2 is 1.81 bits per heavy atom. The molecule has 32 heavy (non-hydrogen) atoms. The molecule has 0 amide bonds. The molecule has 2 aromatic rings. The maximum Gasteiger partial charge on any atom is 0.416 e. The van der Waals surface area contributed by atoms with Crippen LogP contribution >= 0.6 is 24.0 Å². The second kappa shape index (κ2) is 11.2. The molecule has 2 rings (SSSR count). The molecule has 0 aliphatic carbocycles. The molecule has 0 spiro atoms. The van der Waals surface area contributed by atoms with Crippen molar-refractivity contribution in [1.82, 2.24) is 20.4 Å². The van der Waals surface area contributed by atoms with Crippen molar-refractivity contribution >= 4 is 29.9 Å². The van der Waals surface area contributed by atoms with Gasteiger partial charge in [0.25, 0.3) is 0 Å². The normalized spacial score (nSPS) is 12.4. The van der Waals surface area contributed by atoms with E-state index in [2.05, 4.69) is 20.7 Å². The third-order valence-corrected chi connectivity index (χ3v) is 4.81. The molecule has 0 aliphatic rings. The third-order valence-electron chi connectivity index (χ3n) is 4.81. The van der Waals surface area contributed by atoms with Crippen LogP contribution in [0, 0.1) is 13.8 Å². The fraction of sp³-hybridized carbons (Fsp3) is 0.545. The topological polar surface area (TPSA) is 63.5 Å². The number of hydrogen-bond donors (Lipinski definition) is 2. The second-order valence-electron chi connectivity index (χ2n) is 8.41. The van der Waals surface area contributed by atoms with E-state index >= 15 is 0 Å². The number of hydrogen-bond acceptors (Lipinski definition) is 3. The van der Waals surface area contributed by atoms with E-state index in [1.165, 1.54) is 6.07 Å². The molecule has 0 bridgehead atoms. The largest absolute Gasteiger partial charge is 0.488 e. The van der Waals surface area contributed by atoms with Gasteiger partial charge in [-0.25, -0.2) is 0 Å². The maximum absolute atomic E-state index is 13.6. The number of alkyl halides is 3. The zero-order chi connectivity index (χ0) is 23.4. The molecule has 0 radical (unpaired) electrons. The summed E-state index contributed by atoms with van der Waals surface area (Å²) in [6, 6.07) is 4.04. The Labute approximate surface area is 205 Å². The number of nitrogens with zero attached hydrogens (tertiary/aromatic N) is 3. The van der Waals surface area contributed by atoms with Gasteiger partial charge in [-0.05, 0) is 64.3 Å². The highest BCUT2D eigenvalue weighted by Gasteiger charge is 2.34. The first-order chi connectivity index (χ1) is 14.3. The van der Waals surface area contributed by atoms with Crippen molar-refractivity contribution < 1.29 is 17.9 Å². The molecule has 6 nitrogen and oxygen atoms in total. The van der Waals surface area contributed by atoms with Gasteiger partial charge in [0, 0.05) is 32.9 Å². The summed E-state index contributed by atoms with van der Waals surface area (Å²) in [7, 11) is 3.48. The van der Waals surface area contributed by atoms with E-state index in [0.29, 0.717) is 12.5 Å². The van der Waals surface area contributed by atoms with Crippen molar-refractivity contribution in [2.45, 2.75) is 59.4 Å². The molecule has 180 valence electrons. The van der Waals surface area contributed by atoms with Crippen LogP contribution in [0.1, 0.15) is 48.8 Å². The summed E-state index contributed by atoms with van der Waals surface area (Å²) in [6.07, 6.45) is -3.75. The molecule has 0 unspecified atom stereocenters. The number of ether oxygens (including phenoxy) is 1. The molecule has 0 aliphatic heterocycles. The van der Waals surface area contributed by atoms with Crippen LogP contribution in [0.5, 0.6) is 5.75 Å². The summed E-state index contributed by atoms with van der Waals surface area (Å²) in [4.78, 5) is 4.11. The minimum absolute atomic E-state index is 0. The summed E-state index contributed by atoms with van der Waals surface area (Å²) in [5.74, 6) is 0.621. The molecular formula is C22H33F3IN5O. The Kier molecular flexibility index (Phi) is 9.86. The first-order valence-electron chi connectivity index (χ1n) is 10.1. The molecule has 1 aromatic carbocycles. The van der Waals surface area contributed by atoms with Crippen LogP contribution < -0.4 is 15.4 Å². The quantitative estimate of drug-likeness (QED) is 0.301. The second-order valence-corrected chi connectivity index (χ2v) is 8.41. The van der Waals surface area contributed by atoms with Crippen LogP contribution in [0.3, 0.4) is 0 Å². The van der Waals surface area contributed by atoms with E-state index in [9.17, 15) is 13.2 Å². The van der Waals surface area contributed by atoms with Gasteiger partial charge < -0.3 is 15.4 Å². The van der Waals surface area contributed by atoms with E-state index in [4.69, 9.17) is 4.74 Å². The van der Waals surface area contributed by atoms with Gasteiger partial charge in [0.2, 0.25) is 0 Å². The lowest BCUT2D eigenvalue weighted by Crippen LogP contribution is -2.38. The Balaban J connectivity index is 0.00000512. The van der Waals surface area contributed by atoms with Gasteiger partial charge in [-0.3, -0.25) is 9.67 Å². The molecule has 1 heterocycles. The predicted molar refractivity (Wildman–Crippen MR) is 132 cm³/mol. The fourth-order valence-electron chi connectivity index (χ4n) is 3.28. The number of halogens is 4. The molecule has 0 atom stereocenters. The first kappa shape index (κ1) is 28.1. The molecule has 0 fully saturated rings. The lowest BCUT2D eigenvalue weighted by atomic mass is 10.1. The molecule has 2 N–H and O–H groups in total. The van der Waals surface area contributed by atoms with E-state index in [0.717, 1.165) is 29.4 Å². The maximum atomic E-state index is 13.6. The molecular weight excluding hydrogens is 534 g/mol. The van der Waals surface area contributed by atoms with E-state index < -0.39 is 17.3 Å². The number of aryl methyl sites for hydroxylation is 2. The number of rotatable bonds is 6. The minimum atomic E-state index is -4.49. The standard InChI is InChI=1S/C22H32F3N5O.HI/c1-14-18(15(2)30(7)29-14)10-11-27-20(26-6)28-13-16-8-9-17(31-21(3,4)5)12-19(16)22(23,24)25;/h8-9,12H,10-11,13H2,1-7H3,(H2,26,27,28);1H. The number of aliphatic imine (C=N–C) groups is 1. The number of benzene rings is 1. The van der Waals surface area contributed by atoms with Gasteiger partial charge in [-0.1, -0.05) is 6.07 Å². The smallest absolute Gasteiger partial charge is 0.416 e. The number of guanidine groups is 1. The van der Waals surface area contributed by atoms with Crippen molar-refractivity contribution in [2.75, 3.05) is 13.6 Å². The highest BCUT2D eigenvalue weighted by atomic mass is 127. The summed E-state index contributed by atoms with van der Waals surface area (Å²) in [5.41, 5.74) is 2.03. The van der Waals surface area contributed by atoms with Crippen LogP contribution in [0.25, 0.3) is 0 Å². The molecule has 0 saturated heterocycles. The SMILES string of the molecule is CN=C(NCCc1c(C)nn(C)c1C)NCc1ccc(OC(C)(C)C)cc1C(F)(F)F.I. The zero-order valence-electron chi connectivity index (χ0n) is 19.6. The van der Waals surface area contributed by atoms with Crippen molar-refractivity contribution in [3.63, 3.8) is 0 Å². The van der Waals surface area contributed by atoms with E-state index in [1.807, 2.05) is 25.6 Å². The van der Waals surface area contributed by atoms with Gasteiger partial charge in [-0.15, -0.1) is 24.0 Å². The molecule has 10 heteroatoms. The summed E-state index contributed by atoms with van der Waals surface area (Å²) >= 11 is 0. The van der Waals surface area contributed by atoms with Gasteiger partial charge >= 0.3 is 6.18 Å². The van der Waals surface area contributed by atoms with Gasteiger partial charge in [-0.2, -0.15) is 18.3 Å². The Morgan fingerprint density at radius 1 is 1.16 bits per heavy atom. The lowest BCUT2D eigenvalue weighted by Gasteiger charge is -2.23. The van der Waals surface area contributed by atoms with Crippen LogP contribution in [0.15, 0.2) is 23.2 Å². The van der Waals surface area contributed by atoms with Crippen molar-refractivity contribution in [3.05, 3.63) is 46.3 Å². The Bertz CT molecular complexity index is 933. The highest BCUT2D eigenvalue weighted by molar-refractivity contribution is 14.0. The average molecular weight is 567 g/mol. The third kappa shape index (κ3) is 7.86.